The number of benzene rings is 1. The Morgan fingerprint density at radius 1 is 1.27 bits per heavy atom. The molecule has 0 N–H and O–H groups in total. The van der Waals surface area contributed by atoms with Gasteiger partial charge in [-0.15, -0.1) is 5.10 Å². The van der Waals surface area contributed by atoms with Crippen LogP contribution in [0.15, 0.2) is 36.4 Å². The van der Waals surface area contributed by atoms with Crippen LogP contribution in [0.4, 0.5) is 10.2 Å². The van der Waals surface area contributed by atoms with E-state index in [1.165, 1.54) is 6.07 Å². The Balaban J connectivity index is 1.58. The van der Waals surface area contributed by atoms with Crippen LogP contribution in [0.1, 0.15) is 31.0 Å². The predicted molar refractivity (Wildman–Crippen MR) is 96.6 cm³/mol. The first-order chi connectivity index (χ1) is 12.6. The third kappa shape index (κ3) is 4.09. The van der Waals surface area contributed by atoms with Crippen LogP contribution in [0.2, 0.25) is 0 Å². The number of nitrogens with zero attached hydrogens (tertiary/aromatic N) is 4. The summed E-state index contributed by atoms with van der Waals surface area (Å²) in [6.45, 7) is 0.842. The maximum Gasteiger partial charge on any atom is 0.226 e. The number of anilines is 1. The molecular weight excluding hydrogens is 335 g/mol. The average molecular weight is 358 g/mol. The van der Waals surface area contributed by atoms with E-state index in [-0.39, 0.29) is 30.7 Å². The number of carbonyl (C=O) groups is 1. The number of aromatic nitrogens is 2. The van der Waals surface area contributed by atoms with Crippen LogP contribution in [-0.2, 0) is 4.79 Å². The molecular formula is C19H23FN4O2. The standard InChI is InChI=1S/C19H23FN4O2/c1-23(2)18-10-9-15(21-22-18)16-7-5-12-24(16)19(25)11-13-26-17-8-4-3-6-14(17)20/h3-4,6,8-10,16H,5,7,11-13H2,1-2H3. The van der Waals surface area contributed by atoms with E-state index in [2.05, 4.69) is 10.2 Å². The third-order valence-corrected chi connectivity index (χ3v) is 4.45. The van der Waals surface area contributed by atoms with Gasteiger partial charge in [-0.05, 0) is 37.1 Å². The first-order valence-electron chi connectivity index (χ1n) is 8.74. The molecule has 0 aliphatic carbocycles. The summed E-state index contributed by atoms with van der Waals surface area (Å²) in [6, 6.07) is 9.97. The van der Waals surface area contributed by atoms with Gasteiger partial charge in [-0.1, -0.05) is 12.1 Å². The van der Waals surface area contributed by atoms with Gasteiger partial charge in [0.1, 0.15) is 0 Å². The number of amides is 1. The molecule has 138 valence electrons. The van der Waals surface area contributed by atoms with Crippen molar-refractivity contribution in [1.29, 1.82) is 0 Å². The van der Waals surface area contributed by atoms with Crippen molar-refractivity contribution in [2.75, 3.05) is 32.1 Å². The van der Waals surface area contributed by atoms with Gasteiger partial charge < -0.3 is 14.5 Å². The van der Waals surface area contributed by atoms with Crippen molar-refractivity contribution < 1.29 is 13.9 Å². The summed E-state index contributed by atoms with van der Waals surface area (Å²) in [6.07, 6.45) is 2.01. The fourth-order valence-electron chi connectivity index (χ4n) is 3.08. The summed E-state index contributed by atoms with van der Waals surface area (Å²) in [4.78, 5) is 16.3. The maximum absolute atomic E-state index is 13.5. The van der Waals surface area contributed by atoms with Gasteiger partial charge in [-0.3, -0.25) is 4.79 Å². The van der Waals surface area contributed by atoms with Gasteiger partial charge in [-0.2, -0.15) is 5.10 Å². The van der Waals surface area contributed by atoms with Crippen LogP contribution < -0.4 is 9.64 Å². The lowest BCUT2D eigenvalue weighted by Gasteiger charge is -2.24. The zero-order chi connectivity index (χ0) is 18.5. The number of halogens is 1. The highest BCUT2D eigenvalue weighted by atomic mass is 19.1. The van der Waals surface area contributed by atoms with Crippen LogP contribution >= 0.6 is 0 Å². The van der Waals surface area contributed by atoms with Crippen molar-refractivity contribution in [3.8, 4) is 5.75 Å². The van der Waals surface area contributed by atoms with Crippen molar-refractivity contribution in [1.82, 2.24) is 15.1 Å². The normalized spacial score (nSPS) is 16.6. The van der Waals surface area contributed by atoms with Crippen molar-refractivity contribution >= 4 is 11.7 Å². The average Bonchev–Trinajstić information content (AvgIpc) is 3.13. The number of hydrogen-bond acceptors (Lipinski definition) is 5. The van der Waals surface area contributed by atoms with Crippen molar-refractivity contribution in [3.63, 3.8) is 0 Å². The predicted octanol–water partition coefficient (Wildman–Crippen LogP) is 2.81. The highest BCUT2D eigenvalue weighted by Crippen LogP contribution is 2.31. The van der Waals surface area contributed by atoms with Crippen LogP contribution in [-0.4, -0.2) is 48.3 Å². The lowest BCUT2D eigenvalue weighted by atomic mass is 10.1. The molecule has 0 bridgehead atoms. The summed E-state index contributed by atoms with van der Waals surface area (Å²) >= 11 is 0. The minimum absolute atomic E-state index is 0.0117. The number of rotatable bonds is 6. The highest BCUT2D eigenvalue weighted by molar-refractivity contribution is 5.77. The number of hydrogen-bond donors (Lipinski definition) is 0. The molecule has 0 saturated carbocycles. The molecule has 3 rings (SSSR count). The molecule has 1 saturated heterocycles. The van der Waals surface area contributed by atoms with E-state index in [0.29, 0.717) is 6.54 Å². The molecule has 1 aromatic heterocycles. The first kappa shape index (κ1) is 18.1. The molecule has 26 heavy (non-hydrogen) atoms. The molecule has 1 amide bonds. The summed E-state index contributed by atoms with van der Waals surface area (Å²) in [5.41, 5.74) is 0.802. The van der Waals surface area contributed by atoms with Gasteiger partial charge in [0.05, 0.1) is 24.8 Å². The Morgan fingerprint density at radius 2 is 2.08 bits per heavy atom. The number of carbonyl (C=O) groups excluding carboxylic acids is 1. The minimum Gasteiger partial charge on any atom is -0.490 e. The summed E-state index contributed by atoms with van der Waals surface area (Å²) in [5.74, 6) is 0.518. The van der Waals surface area contributed by atoms with Gasteiger partial charge in [0.15, 0.2) is 17.4 Å². The molecule has 2 heterocycles. The SMILES string of the molecule is CN(C)c1ccc(C2CCCN2C(=O)CCOc2ccccc2F)nn1. The van der Waals surface area contributed by atoms with E-state index in [0.717, 1.165) is 24.4 Å². The van der Waals surface area contributed by atoms with Gasteiger partial charge in [0.25, 0.3) is 0 Å². The lowest BCUT2D eigenvalue weighted by Crippen LogP contribution is -2.32. The van der Waals surface area contributed by atoms with E-state index in [9.17, 15) is 9.18 Å². The molecule has 1 unspecified atom stereocenters. The van der Waals surface area contributed by atoms with E-state index in [4.69, 9.17) is 4.74 Å². The molecule has 1 fully saturated rings. The topological polar surface area (TPSA) is 58.6 Å². The summed E-state index contributed by atoms with van der Waals surface area (Å²) in [7, 11) is 3.81. The van der Waals surface area contributed by atoms with Crippen LogP contribution in [0.25, 0.3) is 0 Å². The lowest BCUT2D eigenvalue weighted by molar-refractivity contribution is -0.132. The number of likely N-dealkylation sites (tertiary alicyclic amines) is 1. The van der Waals surface area contributed by atoms with Gasteiger partial charge in [0, 0.05) is 20.6 Å². The van der Waals surface area contributed by atoms with Crippen molar-refractivity contribution in [3.05, 3.63) is 47.9 Å². The molecule has 1 aromatic carbocycles. The minimum atomic E-state index is -0.421. The quantitative estimate of drug-likeness (QED) is 0.795. The molecule has 1 aliphatic heterocycles. The second-order valence-corrected chi connectivity index (χ2v) is 6.48. The Bertz CT molecular complexity index is 751. The zero-order valence-electron chi connectivity index (χ0n) is 15.1. The first-order valence-corrected chi connectivity index (χ1v) is 8.74. The van der Waals surface area contributed by atoms with Crippen LogP contribution in [0.5, 0.6) is 5.75 Å². The van der Waals surface area contributed by atoms with E-state index < -0.39 is 5.82 Å². The largest absolute Gasteiger partial charge is 0.490 e. The zero-order valence-corrected chi connectivity index (χ0v) is 15.1. The van der Waals surface area contributed by atoms with Crippen molar-refractivity contribution in [2.45, 2.75) is 25.3 Å². The smallest absolute Gasteiger partial charge is 0.226 e. The highest BCUT2D eigenvalue weighted by Gasteiger charge is 2.31. The Morgan fingerprint density at radius 3 is 2.77 bits per heavy atom. The molecule has 1 aliphatic rings. The second-order valence-electron chi connectivity index (χ2n) is 6.48. The van der Waals surface area contributed by atoms with E-state index >= 15 is 0 Å². The van der Waals surface area contributed by atoms with Crippen molar-refractivity contribution in [2.24, 2.45) is 0 Å². The second kappa shape index (κ2) is 8.12. The fraction of sp³-hybridized carbons (Fsp3) is 0.421. The van der Waals surface area contributed by atoms with Crippen LogP contribution in [0, 0.1) is 5.82 Å². The van der Waals surface area contributed by atoms with E-state index in [1.54, 1.807) is 18.2 Å². The molecule has 2 aromatic rings. The van der Waals surface area contributed by atoms with E-state index in [1.807, 2.05) is 36.0 Å². The number of ether oxygens (including phenoxy) is 1. The van der Waals surface area contributed by atoms with Gasteiger partial charge in [0.2, 0.25) is 5.91 Å². The molecule has 6 nitrogen and oxygen atoms in total. The Hall–Kier alpha value is -2.70. The third-order valence-electron chi connectivity index (χ3n) is 4.45. The fourth-order valence-corrected chi connectivity index (χ4v) is 3.08. The van der Waals surface area contributed by atoms with Gasteiger partial charge in [-0.25, -0.2) is 4.39 Å². The monoisotopic (exact) mass is 358 g/mol. The Labute approximate surface area is 152 Å². The molecule has 1 atom stereocenters. The summed E-state index contributed by atoms with van der Waals surface area (Å²) in [5, 5.41) is 8.49. The molecule has 0 spiro atoms. The maximum atomic E-state index is 13.5. The van der Waals surface area contributed by atoms with Crippen LogP contribution in [0.3, 0.4) is 0 Å². The molecule has 7 heteroatoms. The Kier molecular flexibility index (Phi) is 5.65. The number of para-hydroxylation sites is 1. The molecule has 0 radical (unpaired) electrons. The summed E-state index contributed by atoms with van der Waals surface area (Å²) < 4.78 is 18.9. The van der Waals surface area contributed by atoms with Gasteiger partial charge >= 0.3 is 0 Å².